The number of aromatic nitrogens is 3. The van der Waals surface area contributed by atoms with Crippen LogP contribution in [0.5, 0.6) is 0 Å². The van der Waals surface area contributed by atoms with Gasteiger partial charge in [0.15, 0.2) is 11.0 Å². The van der Waals surface area contributed by atoms with Crippen molar-refractivity contribution in [1.29, 1.82) is 0 Å². The van der Waals surface area contributed by atoms with E-state index in [0.717, 1.165) is 43.0 Å². The first-order valence-corrected chi connectivity index (χ1v) is 12.8. The number of likely N-dealkylation sites (tertiary alicyclic amines) is 1. The lowest BCUT2D eigenvalue weighted by molar-refractivity contribution is -0.129. The van der Waals surface area contributed by atoms with Crippen LogP contribution < -0.4 is 0 Å². The van der Waals surface area contributed by atoms with Crippen molar-refractivity contribution in [3.63, 3.8) is 0 Å². The second-order valence-corrected chi connectivity index (χ2v) is 10.3. The maximum Gasteiger partial charge on any atom is 0.235 e. The molecule has 3 aromatic rings. The van der Waals surface area contributed by atoms with Gasteiger partial charge in [0.2, 0.25) is 5.91 Å². The first-order chi connectivity index (χ1) is 16.8. The quantitative estimate of drug-likeness (QED) is 0.397. The molecular weight excluding hydrogens is 468 g/mol. The molecule has 4 rings (SSSR count). The summed E-state index contributed by atoms with van der Waals surface area (Å²) in [5.41, 5.74) is 1.48. The van der Waals surface area contributed by atoms with Crippen LogP contribution in [0.25, 0.3) is 5.69 Å². The van der Waals surface area contributed by atoms with Crippen molar-refractivity contribution in [2.45, 2.75) is 56.1 Å². The summed E-state index contributed by atoms with van der Waals surface area (Å²) in [6.45, 7) is 6.25. The van der Waals surface area contributed by atoms with Crippen LogP contribution in [0.1, 0.15) is 50.5 Å². The van der Waals surface area contributed by atoms with E-state index >= 15 is 0 Å². The fourth-order valence-corrected chi connectivity index (χ4v) is 5.43. The van der Waals surface area contributed by atoms with Crippen molar-refractivity contribution in [3.05, 3.63) is 71.6 Å². The van der Waals surface area contributed by atoms with Crippen molar-refractivity contribution in [2.24, 2.45) is 0 Å². The molecule has 0 radical (unpaired) electrons. The van der Waals surface area contributed by atoms with E-state index < -0.39 is 5.25 Å². The lowest BCUT2D eigenvalue weighted by Crippen LogP contribution is -2.34. The fourth-order valence-electron chi connectivity index (χ4n) is 4.44. The van der Waals surface area contributed by atoms with E-state index in [9.17, 15) is 13.6 Å². The predicted molar refractivity (Wildman–Crippen MR) is 133 cm³/mol. The van der Waals surface area contributed by atoms with Gasteiger partial charge in [-0.2, -0.15) is 0 Å². The van der Waals surface area contributed by atoms with Crippen molar-refractivity contribution < 1.29 is 13.6 Å². The van der Waals surface area contributed by atoms with Crippen LogP contribution in [-0.4, -0.2) is 55.9 Å². The summed E-state index contributed by atoms with van der Waals surface area (Å²) in [6.07, 6.45) is 3.54. The molecule has 1 fully saturated rings. The molecule has 2 atom stereocenters. The molecule has 0 saturated carbocycles. The molecule has 0 aliphatic carbocycles. The van der Waals surface area contributed by atoms with Crippen LogP contribution in [-0.2, 0) is 11.3 Å². The third-order valence-corrected chi connectivity index (χ3v) is 7.40. The molecule has 186 valence electrons. The predicted octanol–water partition coefficient (Wildman–Crippen LogP) is 5.23. The van der Waals surface area contributed by atoms with Crippen molar-refractivity contribution in [3.8, 4) is 5.69 Å². The highest BCUT2D eigenvalue weighted by atomic mass is 32.2. The number of piperidine rings is 1. The molecule has 1 saturated heterocycles. The number of nitrogens with zero attached hydrogens (tertiary/aromatic N) is 5. The first-order valence-electron chi connectivity index (χ1n) is 11.9. The average molecular weight is 500 g/mol. The summed E-state index contributed by atoms with van der Waals surface area (Å²) in [5.74, 6) is 0.0324. The topological polar surface area (TPSA) is 54.3 Å². The Hall–Kier alpha value is -2.78. The minimum atomic E-state index is -0.449. The number of hydrogen-bond donors (Lipinski definition) is 0. The monoisotopic (exact) mass is 499 g/mol. The lowest BCUT2D eigenvalue weighted by atomic mass is 10.1. The molecule has 6 nitrogen and oxygen atoms in total. The van der Waals surface area contributed by atoms with Gasteiger partial charge >= 0.3 is 0 Å². The Bertz CT molecular complexity index is 1150. The van der Waals surface area contributed by atoms with Crippen LogP contribution in [0.2, 0.25) is 0 Å². The Balaban J connectivity index is 1.56. The minimum absolute atomic E-state index is 0.0314. The molecule has 9 heteroatoms. The van der Waals surface area contributed by atoms with Crippen LogP contribution in [0.3, 0.4) is 0 Å². The molecule has 0 N–H and O–H groups in total. The summed E-state index contributed by atoms with van der Waals surface area (Å²) in [7, 11) is 1.71. The number of halogens is 2. The summed E-state index contributed by atoms with van der Waals surface area (Å²) in [5, 5.41) is 9.09. The van der Waals surface area contributed by atoms with Crippen molar-refractivity contribution in [1.82, 2.24) is 24.6 Å². The van der Waals surface area contributed by atoms with Crippen molar-refractivity contribution in [2.75, 3.05) is 20.1 Å². The maximum absolute atomic E-state index is 13.7. The Labute approximate surface area is 209 Å². The first kappa shape index (κ1) is 25.3. The largest absolute Gasteiger partial charge is 0.340 e. The number of amides is 1. The molecule has 2 unspecified atom stereocenters. The van der Waals surface area contributed by atoms with E-state index in [1.54, 1.807) is 36.2 Å². The van der Waals surface area contributed by atoms with E-state index in [0.29, 0.717) is 11.7 Å². The Morgan fingerprint density at radius 1 is 1.03 bits per heavy atom. The zero-order chi connectivity index (χ0) is 24.9. The number of thioether (sulfide) groups is 1. The standard InChI is InChI=1S/C26H31F2N5OS/c1-18(32-14-5-4-6-15-32)24-29-30-26(33(24)23-12-10-21(27)11-13-23)35-19(2)25(34)31(3)17-20-8-7-9-22(28)16-20/h7-13,16,18-19H,4-6,14-15,17H2,1-3H3. The SMILES string of the molecule is CC(Sc1nnc(C(C)N2CCCCC2)n1-c1ccc(F)cc1)C(=O)N(C)Cc1cccc(F)c1. The number of carbonyl (C=O) groups excluding carboxylic acids is 1. The summed E-state index contributed by atoms with van der Waals surface area (Å²) >= 11 is 1.32. The van der Waals surface area contributed by atoms with Gasteiger partial charge < -0.3 is 4.90 Å². The number of carbonyl (C=O) groups is 1. The second-order valence-electron chi connectivity index (χ2n) is 9.01. The highest BCUT2D eigenvalue weighted by Crippen LogP contribution is 2.31. The molecule has 35 heavy (non-hydrogen) atoms. The number of benzene rings is 2. The molecule has 2 heterocycles. The summed E-state index contributed by atoms with van der Waals surface area (Å²) in [4.78, 5) is 17.1. The molecule has 2 aromatic carbocycles. The maximum atomic E-state index is 13.7. The van der Waals surface area contributed by atoms with Gasteiger partial charge in [0.05, 0.1) is 11.3 Å². The Morgan fingerprint density at radius 3 is 2.43 bits per heavy atom. The molecule has 1 aromatic heterocycles. The van der Waals surface area contributed by atoms with Crippen molar-refractivity contribution >= 4 is 17.7 Å². The van der Waals surface area contributed by atoms with Crippen LogP contribution in [0.4, 0.5) is 8.78 Å². The average Bonchev–Trinajstić information content (AvgIpc) is 3.27. The van der Waals surface area contributed by atoms with Gasteiger partial charge in [-0.3, -0.25) is 14.3 Å². The van der Waals surface area contributed by atoms with Gasteiger partial charge in [0.25, 0.3) is 0 Å². The molecule has 0 spiro atoms. The fraction of sp³-hybridized carbons (Fsp3) is 0.423. The normalized spacial score (nSPS) is 16.1. The van der Waals surface area contributed by atoms with Gasteiger partial charge in [-0.1, -0.05) is 30.3 Å². The van der Waals surface area contributed by atoms with Crippen LogP contribution in [0, 0.1) is 11.6 Å². The number of rotatable bonds is 8. The Morgan fingerprint density at radius 2 is 1.74 bits per heavy atom. The van der Waals surface area contributed by atoms with E-state index in [-0.39, 0.29) is 23.6 Å². The number of hydrogen-bond acceptors (Lipinski definition) is 5. The Kier molecular flexibility index (Phi) is 8.18. The van der Waals surface area contributed by atoms with Gasteiger partial charge in [0, 0.05) is 19.3 Å². The smallest absolute Gasteiger partial charge is 0.235 e. The third kappa shape index (κ3) is 6.08. The van der Waals surface area contributed by atoms with E-state index in [1.807, 2.05) is 11.5 Å². The van der Waals surface area contributed by atoms with E-state index in [4.69, 9.17) is 0 Å². The molecule has 1 aliphatic heterocycles. The van der Waals surface area contributed by atoms with Gasteiger partial charge in [-0.15, -0.1) is 10.2 Å². The molecular formula is C26H31F2N5OS. The zero-order valence-corrected chi connectivity index (χ0v) is 21.1. The minimum Gasteiger partial charge on any atom is -0.340 e. The molecule has 1 amide bonds. The summed E-state index contributed by atoms with van der Waals surface area (Å²) in [6, 6.07) is 12.5. The highest BCUT2D eigenvalue weighted by molar-refractivity contribution is 8.00. The van der Waals surface area contributed by atoms with Crippen LogP contribution in [0.15, 0.2) is 53.7 Å². The lowest BCUT2D eigenvalue weighted by Gasteiger charge is -2.32. The highest BCUT2D eigenvalue weighted by Gasteiger charge is 2.28. The van der Waals surface area contributed by atoms with E-state index in [1.165, 1.54) is 42.4 Å². The zero-order valence-electron chi connectivity index (χ0n) is 20.3. The summed E-state index contributed by atoms with van der Waals surface area (Å²) < 4.78 is 29.1. The van der Waals surface area contributed by atoms with Gasteiger partial charge in [-0.05, 0) is 81.7 Å². The van der Waals surface area contributed by atoms with Gasteiger partial charge in [0.1, 0.15) is 11.6 Å². The van der Waals surface area contributed by atoms with E-state index in [2.05, 4.69) is 22.0 Å². The third-order valence-electron chi connectivity index (χ3n) is 6.37. The molecule has 1 aliphatic rings. The molecule has 0 bridgehead atoms. The van der Waals surface area contributed by atoms with Gasteiger partial charge in [-0.25, -0.2) is 8.78 Å². The van der Waals surface area contributed by atoms with Crippen LogP contribution >= 0.6 is 11.8 Å². The second kappa shape index (κ2) is 11.3.